The van der Waals surface area contributed by atoms with Crippen molar-refractivity contribution in [1.82, 2.24) is 5.43 Å². The molecule has 0 aromatic heterocycles. The number of hydrogen-bond donors (Lipinski definition) is 2. The molecule has 0 bridgehead atoms. The van der Waals surface area contributed by atoms with Crippen LogP contribution < -0.4 is 15.5 Å². The third-order valence-corrected chi connectivity index (χ3v) is 5.74. The second-order valence-corrected chi connectivity index (χ2v) is 8.27. The van der Waals surface area contributed by atoms with Crippen molar-refractivity contribution in [3.63, 3.8) is 0 Å². The molecule has 1 atom stereocenters. The van der Waals surface area contributed by atoms with Crippen LogP contribution in [0.3, 0.4) is 0 Å². The quantitative estimate of drug-likeness (QED) is 0.415. The Morgan fingerprint density at radius 3 is 2.43 bits per heavy atom. The minimum absolute atomic E-state index is 0.00920. The molecule has 3 N–H and O–H groups in total. The van der Waals surface area contributed by atoms with Gasteiger partial charge >= 0.3 is 0 Å². The van der Waals surface area contributed by atoms with E-state index in [-0.39, 0.29) is 16.1 Å². The molecule has 1 unspecified atom stereocenters. The highest BCUT2D eigenvalue weighted by Crippen LogP contribution is 2.29. The highest BCUT2D eigenvalue weighted by molar-refractivity contribution is 8.00. The lowest BCUT2D eigenvalue weighted by Crippen LogP contribution is -2.38. The van der Waals surface area contributed by atoms with E-state index in [0.717, 1.165) is 0 Å². The van der Waals surface area contributed by atoms with E-state index in [0.29, 0.717) is 22.8 Å². The van der Waals surface area contributed by atoms with Crippen LogP contribution in [0.1, 0.15) is 5.56 Å². The number of hydrazone groups is 1. The molecule has 0 aliphatic carbocycles. The van der Waals surface area contributed by atoms with E-state index in [4.69, 9.17) is 11.6 Å². The maximum atomic E-state index is 11.5. The largest absolute Gasteiger partial charge is 0.293 e. The van der Waals surface area contributed by atoms with Crippen molar-refractivity contribution in [2.45, 2.75) is 10.4 Å². The van der Waals surface area contributed by atoms with Crippen molar-refractivity contribution in [3.8, 4) is 12.3 Å². The van der Waals surface area contributed by atoms with Crippen LogP contribution in [-0.4, -0.2) is 30.4 Å². The average Bonchev–Trinajstić information content (AvgIpc) is 3.09. The number of amidine groups is 1. The van der Waals surface area contributed by atoms with Gasteiger partial charge in [-0.1, -0.05) is 5.92 Å². The highest BCUT2D eigenvalue weighted by atomic mass is 32.2. The van der Waals surface area contributed by atoms with Crippen molar-refractivity contribution < 1.29 is 13.3 Å². The Balaban J connectivity index is 1.97. The average molecular weight is 417 g/mol. The second kappa shape index (κ2) is 7.89. The summed E-state index contributed by atoms with van der Waals surface area (Å²) in [5.74, 6) is 3.49. The van der Waals surface area contributed by atoms with Crippen molar-refractivity contribution in [2.24, 2.45) is 10.2 Å². The van der Waals surface area contributed by atoms with E-state index in [1.54, 1.807) is 24.3 Å². The number of nitro benzene ring substituents is 1. The molecule has 11 heteroatoms. The molecule has 0 saturated heterocycles. The molecule has 3 rings (SSSR count). The number of primary sulfonamides is 1. The maximum absolute atomic E-state index is 11.5. The van der Waals surface area contributed by atoms with Gasteiger partial charge in [0, 0.05) is 23.4 Å². The lowest BCUT2D eigenvalue weighted by molar-refractivity contribution is -0.384. The highest BCUT2D eigenvalue weighted by Gasteiger charge is 2.30. The minimum Gasteiger partial charge on any atom is -0.293 e. The molecule has 28 heavy (non-hydrogen) atoms. The van der Waals surface area contributed by atoms with Gasteiger partial charge in [0.25, 0.3) is 5.69 Å². The zero-order chi connectivity index (χ0) is 20.3. The Hall–Kier alpha value is -3.07. The van der Waals surface area contributed by atoms with Gasteiger partial charge < -0.3 is 0 Å². The minimum atomic E-state index is -3.81. The topological polar surface area (TPSA) is 131 Å². The Kier molecular flexibility index (Phi) is 5.55. The van der Waals surface area contributed by atoms with Gasteiger partial charge in [-0.05, 0) is 36.4 Å². The summed E-state index contributed by atoms with van der Waals surface area (Å²) in [5.41, 5.74) is 3.92. The van der Waals surface area contributed by atoms with E-state index in [2.05, 4.69) is 16.4 Å². The van der Waals surface area contributed by atoms with Gasteiger partial charge in [0.1, 0.15) is 0 Å². The maximum Gasteiger partial charge on any atom is 0.269 e. The van der Waals surface area contributed by atoms with Crippen LogP contribution in [0.2, 0.25) is 0 Å². The van der Waals surface area contributed by atoms with Crippen LogP contribution in [0.25, 0.3) is 0 Å². The number of anilines is 1. The number of non-ortho nitro benzene ring substituents is 1. The predicted octanol–water partition coefficient (Wildman–Crippen LogP) is 1.66. The number of nitrogens with zero attached hydrogens (tertiary/aromatic N) is 3. The summed E-state index contributed by atoms with van der Waals surface area (Å²) in [6.45, 7) is 0. The first-order valence-electron chi connectivity index (χ1n) is 7.86. The number of nitrogens with one attached hydrogen (secondary N) is 1. The zero-order valence-corrected chi connectivity index (χ0v) is 16.0. The molecule has 2 aromatic rings. The molecule has 1 aliphatic heterocycles. The van der Waals surface area contributed by atoms with Gasteiger partial charge in [0.15, 0.2) is 11.3 Å². The van der Waals surface area contributed by atoms with Crippen LogP contribution in [0.5, 0.6) is 0 Å². The number of rotatable bonds is 6. The summed E-state index contributed by atoms with van der Waals surface area (Å²) in [6, 6.07) is 12.0. The zero-order valence-electron chi connectivity index (χ0n) is 14.3. The van der Waals surface area contributed by atoms with Gasteiger partial charge in [-0.15, -0.1) is 18.2 Å². The summed E-state index contributed by atoms with van der Waals surface area (Å²) in [6.07, 6.45) is 5.35. The Bertz CT molecular complexity index is 1060. The number of nitro groups is 1. The molecule has 0 fully saturated rings. The second-order valence-electron chi connectivity index (χ2n) is 5.64. The molecule has 0 amide bonds. The molecule has 1 heterocycles. The third-order valence-electron chi connectivity index (χ3n) is 3.85. The molecular weight excluding hydrogens is 402 g/mol. The first-order valence-corrected chi connectivity index (χ1v) is 10.5. The molecule has 2 aromatic carbocycles. The Labute approximate surface area is 165 Å². The van der Waals surface area contributed by atoms with Crippen molar-refractivity contribution in [2.75, 3.05) is 10.7 Å². The number of thioether (sulfide) groups is 1. The van der Waals surface area contributed by atoms with E-state index in [9.17, 15) is 18.5 Å². The summed E-state index contributed by atoms with van der Waals surface area (Å²) < 4.78 is 23.0. The van der Waals surface area contributed by atoms with Crippen molar-refractivity contribution >= 4 is 39.0 Å². The first kappa shape index (κ1) is 19.7. The Morgan fingerprint density at radius 1 is 1.25 bits per heavy atom. The van der Waals surface area contributed by atoms with Gasteiger partial charge in [0.2, 0.25) is 10.0 Å². The summed E-state index contributed by atoms with van der Waals surface area (Å²) >= 11 is 1.42. The van der Waals surface area contributed by atoms with E-state index < -0.39 is 14.9 Å². The van der Waals surface area contributed by atoms with Crippen molar-refractivity contribution in [3.05, 3.63) is 64.2 Å². The first-order chi connectivity index (χ1) is 13.3. The van der Waals surface area contributed by atoms with E-state index in [1.807, 2.05) is 4.90 Å². The van der Waals surface area contributed by atoms with Crippen LogP contribution in [0.4, 0.5) is 11.4 Å². The van der Waals surface area contributed by atoms with Crippen LogP contribution in [0.15, 0.2) is 58.5 Å². The molecule has 9 nitrogen and oxygen atoms in total. The van der Waals surface area contributed by atoms with Gasteiger partial charge in [-0.25, -0.2) is 13.6 Å². The smallest absolute Gasteiger partial charge is 0.269 e. The SMILES string of the molecule is C#CCSC1NN=C(c2ccc([N+](=O)[O-])cc2)N1c1ccc(S(N)(=O)=O)cc1. The monoisotopic (exact) mass is 417 g/mol. The number of sulfonamides is 1. The number of hydrogen-bond acceptors (Lipinski definition) is 8. The molecule has 144 valence electrons. The standard InChI is InChI=1S/C17H15N5O4S2/c1-2-11-27-17-20-19-16(12-3-5-14(6-4-12)22(23)24)21(17)13-7-9-15(10-8-13)28(18,25)26/h1,3-10,17,20H,11H2,(H2,18,25,26). The molecule has 0 radical (unpaired) electrons. The number of nitrogens with two attached hydrogens (primary N) is 1. The molecule has 0 spiro atoms. The number of benzene rings is 2. The van der Waals surface area contributed by atoms with Crippen LogP contribution in [0, 0.1) is 22.5 Å². The normalized spacial score (nSPS) is 16.2. The fourth-order valence-electron chi connectivity index (χ4n) is 2.57. The van der Waals surface area contributed by atoms with E-state index >= 15 is 0 Å². The fraction of sp³-hybridized carbons (Fsp3) is 0.118. The van der Waals surface area contributed by atoms with Crippen LogP contribution in [-0.2, 0) is 10.0 Å². The summed E-state index contributed by atoms with van der Waals surface area (Å²) in [5, 5.41) is 20.4. The lowest BCUT2D eigenvalue weighted by atomic mass is 10.1. The van der Waals surface area contributed by atoms with Gasteiger partial charge in [-0.3, -0.25) is 20.4 Å². The predicted molar refractivity (Wildman–Crippen MR) is 108 cm³/mol. The van der Waals surface area contributed by atoms with E-state index in [1.165, 1.54) is 36.0 Å². The molecular formula is C17H15N5O4S2. The van der Waals surface area contributed by atoms with Gasteiger partial charge in [0.05, 0.1) is 15.6 Å². The molecule has 0 saturated carbocycles. The van der Waals surface area contributed by atoms with Gasteiger partial charge in [-0.2, -0.15) is 5.10 Å². The third kappa shape index (κ3) is 4.09. The molecule has 1 aliphatic rings. The lowest BCUT2D eigenvalue weighted by Gasteiger charge is -2.26. The van der Waals surface area contributed by atoms with Crippen molar-refractivity contribution in [1.29, 1.82) is 0 Å². The van der Waals surface area contributed by atoms with Crippen LogP contribution >= 0.6 is 11.8 Å². The summed E-state index contributed by atoms with van der Waals surface area (Å²) in [4.78, 5) is 12.2. The fourth-order valence-corrected chi connectivity index (χ4v) is 3.84. The Morgan fingerprint density at radius 2 is 1.89 bits per heavy atom. The summed E-state index contributed by atoms with van der Waals surface area (Å²) in [7, 11) is -3.81. The number of terminal acetylenes is 1.